The van der Waals surface area contributed by atoms with Gasteiger partial charge in [-0.3, -0.25) is 14.4 Å². The van der Waals surface area contributed by atoms with E-state index >= 15 is 0 Å². The van der Waals surface area contributed by atoms with Crippen molar-refractivity contribution < 1.29 is 27.5 Å². The van der Waals surface area contributed by atoms with Crippen LogP contribution in [0.15, 0.2) is 28.1 Å². The molecule has 17 heteroatoms. The molecule has 46 heavy (non-hydrogen) atoms. The molecule has 2 aliphatic heterocycles. The summed E-state index contributed by atoms with van der Waals surface area (Å²) in [6.07, 6.45) is -1.18. The fraction of sp³-hybridized carbons (Fsp3) is 0.517. The normalized spacial score (nSPS) is 18.7. The Morgan fingerprint density at radius 3 is 2.54 bits per heavy atom. The number of aromatic nitrogens is 4. The molecule has 2 amide bonds. The largest absolute Gasteiger partial charge is 0.416 e. The number of likely N-dealkylation sites (tertiary alicyclic amines) is 1. The number of piperidine rings is 1. The molecule has 1 spiro atoms. The van der Waals surface area contributed by atoms with Gasteiger partial charge in [0.25, 0.3) is 5.56 Å². The number of hydrogen-bond donors (Lipinski definition) is 3. The van der Waals surface area contributed by atoms with E-state index < -0.39 is 23.1 Å². The van der Waals surface area contributed by atoms with Crippen molar-refractivity contribution in [3.05, 3.63) is 56.2 Å². The van der Waals surface area contributed by atoms with Crippen molar-refractivity contribution in [2.45, 2.75) is 69.0 Å². The number of fused-ring (bicyclic) bond motifs is 3. The first-order chi connectivity index (χ1) is 21.9. The lowest BCUT2D eigenvalue weighted by Gasteiger charge is -2.39. The number of carbonyl (C=O) groups is 2. The van der Waals surface area contributed by atoms with Crippen LogP contribution in [0.2, 0.25) is 5.02 Å². The molecule has 4 heterocycles. The number of amidine groups is 1. The van der Waals surface area contributed by atoms with E-state index in [2.05, 4.69) is 15.5 Å². The Morgan fingerprint density at radius 2 is 1.89 bits per heavy atom. The van der Waals surface area contributed by atoms with Gasteiger partial charge >= 0.3 is 6.18 Å². The molecule has 2 aromatic heterocycles. The van der Waals surface area contributed by atoms with Crippen LogP contribution in [0.1, 0.15) is 67.1 Å². The maximum absolute atomic E-state index is 14.2. The summed E-state index contributed by atoms with van der Waals surface area (Å²) in [5.74, 6) is 5.12. The Labute approximate surface area is 265 Å². The third-order valence-corrected chi connectivity index (χ3v) is 9.58. The number of nitrogens with zero attached hydrogens (tertiary/aromatic N) is 6. The van der Waals surface area contributed by atoms with Crippen LogP contribution in [0.4, 0.5) is 18.9 Å². The zero-order valence-corrected chi connectivity index (χ0v) is 25.5. The molecule has 6 rings (SSSR count). The number of hydrogen-bond acceptors (Lipinski definition) is 8. The lowest BCUT2D eigenvalue weighted by Crippen LogP contribution is -2.47. The highest BCUT2D eigenvalue weighted by molar-refractivity contribution is 6.33. The molecule has 0 bridgehead atoms. The zero-order valence-electron chi connectivity index (χ0n) is 24.8. The van der Waals surface area contributed by atoms with Gasteiger partial charge in [-0.05, 0) is 56.7 Å². The number of amides is 2. The number of carbonyl (C=O) groups excluding carboxylic acids is 2. The van der Waals surface area contributed by atoms with Crippen LogP contribution < -0.4 is 22.5 Å². The molecule has 0 atom stereocenters. The summed E-state index contributed by atoms with van der Waals surface area (Å²) in [6, 6.07) is 2.70. The van der Waals surface area contributed by atoms with Gasteiger partial charge < -0.3 is 31.1 Å². The minimum Gasteiger partial charge on any atom is -0.385 e. The van der Waals surface area contributed by atoms with Gasteiger partial charge in [-0.2, -0.15) is 27.8 Å². The first-order valence-electron chi connectivity index (χ1n) is 15.0. The van der Waals surface area contributed by atoms with Gasteiger partial charge in [-0.15, -0.1) is 5.10 Å². The van der Waals surface area contributed by atoms with Crippen LogP contribution in [-0.2, 0) is 38.9 Å². The van der Waals surface area contributed by atoms with Gasteiger partial charge in [0.2, 0.25) is 17.6 Å². The van der Waals surface area contributed by atoms with E-state index in [1.807, 2.05) is 0 Å². The summed E-state index contributed by atoms with van der Waals surface area (Å²) in [7, 11) is 0. The molecule has 0 unspecified atom stereocenters. The summed E-state index contributed by atoms with van der Waals surface area (Å²) in [6.45, 7) is 1.58. The van der Waals surface area contributed by atoms with Gasteiger partial charge in [0.1, 0.15) is 12.4 Å². The van der Waals surface area contributed by atoms with Crippen molar-refractivity contribution in [2.24, 2.45) is 16.7 Å². The van der Waals surface area contributed by atoms with E-state index in [0.717, 1.165) is 18.2 Å². The van der Waals surface area contributed by atoms with E-state index in [9.17, 15) is 27.6 Å². The SMILES string of the molecule is N/N=C(\N)CC(=O)N1CCC2(CCc3c2c(=O)n2nc(C4CCOCC4)nc2n3CC(=O)Nc2ccc(C(F)(F)F)cc2Cl)CC1. The molecular weight excluding hydrogens is 631 g/mol. The van der Waals surface area contributed by atoms with Crippen molar-refractivity contribution in [3.8, 4) is 0 Å². The average Bonchev–Trinajstić information content (AvgIpc) is 3.64. The van der Waals surface area contributed by atoms with Gasteiger partial charge in [-0.25, -0.2) is 0 Å². The highest BCUT2D eigenvalue weighted by atomic mass is 35.5. The van der Waals surface area contributed by atoms with Crippen LogP contribution in [-0.4, -0.2) is 68.0 Å². The predicted octanol–water partition coefficient (Wildman–Crippen LogP) is 2.52. The minimum absolute atomic E-state index is 0.0200. The molecule has 1 aromatic carbocycles. The Balaban J connectivity index is 1.35. The first-order valence-corrected chi connectivity index (χ1v) is 15.3. The number of anilines is 1. The van der Waals surface area contributed by atoms with E-state index in [-0.39, 0.29) is 52.7 Å². The Kier molecular flexibility index (Phi) is 8.43. The molecule has 246 valence electrons. The number of benzene rings is 1. The van der Waals surface area contributed by atoms with E-state index in [4.69, 9.17) is 32.9 Å². The van der Waals surface area contributed by atoms with Gasteiger partial charge in [0.15, 0.2) is 5.82 Å². The second-order valence-electron chi connectivity index (χ2n) is 12.0. The highest BCUT2D eigenvalue weighted by Gasteiger charge is 2.46. The maximum atomic E-state index is 14.2. The highest BCUT2D eigenvalue weighted by Crippen LogP contribution is 2.45. The average molecular weight is 664 g/mol. The monoisotopic (exact) mass is 663 g/mol. The third-order valence-electron chi connectivity index (χ3n) is 9.27. The van der Waals surface area contributed by atoms with E-state index in [1.165, 1.54) is 4.52 Å². The molecule has 2 saturated heterocycles. The van der Waals surface area contributed by atoms with Crippen molar-refractivity contribution in [1.82, 2.24) is 24.1 Å². The maximum Gasteiger partial charge on any atom is 0.416 e. The standard InChI is InChI=1S/C29H33ClF3N9O4/c30-18-13-17(29(31,32)33)1-2-19(18)36-22(43)15-41-20-3-6-28(7-9-40(10-8-28)23(44)14-21(34)38-35)24(20)26(45)42-27(41)37-25(39-42)16-4-11-46-12-5-16/h1-2,13,16H,3-12,14-15,35H2,(H2,34,38)(H,36,43). The topological polar surface area (TPSA) is 175 Å². The molecule has 2 fully saturated rings. The summed E-state index contributed by atoms with van der Waals surface area (Å²) in [5, 5.41) is 10.3. The predicted molar refractivity (Wildman–Crippen MR) is 161 cm³/mol. The second-order valence-corrected chi connectivity index (χ2v) is 12.4. The lowest BCUT2D eigenvalue weighted by atomic mass is 9.74. The third kappa shape index (κ3) is 5.90. The summed E-state index contributed by atoms with van der Waals surface area (Å²) >= 11 is 6.10. The zero-order chi connectivity index (χ0) is 32.8. The molecule has 5 N–H and O–H groups in total. The molecule has 13 nitrogen and oxygen atoms in total. The van der Waals surface area contributed by atoms with Crippen LogP contribution in [0.25, 0.3) is 5.78 Å². The number of alkyl halides is 3. The van der Waals surface area contributed by atoms with Gasteiger partial charge in [-0.1, -0.05) is 11.6 Å². The summed E-state index contributed by atoms with van der Waals surface area (Å²) in [5.41, 5.74) is 5.06. The van der Waals surface area contributed by atoms with Gasteiger partial charge in [0.05, 0.1) is 22.7 Å². The lowest BCUT2D eigenvalue weighted by molar-refractivity contribution is -0.137. The molecule has 0 radical (unpaired) electrons. The number of hydrazone groups is 1. The fourth-order valence-corrected chi connectivity index (χ4v) is 7.04. The van der Waals surface area contributed by atoms with Crippen LogP contribution in [0.5, 0.6) is 0 Å². The second kappa shape index (κ2) is 12.2. The van der Waals surface area contributed by atoms with Crippen LogP contribution >= 0.6 is 11.6 Å². The number of nitrogens with one attached hydrogen (secondary N) is 1. The quantitative estimate of drug-likeness (QED) is 0.156. The van der Waals surface area contributed by atoms with E-state index in [1.54, 1.807) is 9.47 Å². The molecule has 3 aliphatic rings. The van der Waals surface area contributed by atoms with Crippen molar-refractivity contribution in [3.63, 3.8) is 0 Å². The van der Waals surface area contributed by atoms with Crippen molar-refractivity contribution in [2.75, 3.05) is 31.6 Å². The number of nitrogens with two attached hydrogens (primary N) is 2. The van der Waals surface area contributed by atoms with Crippen LogP contribution in [0, 0.1) is 0 Å². The van der Waals surface area contributed by atoms with Crippen molar-refractivity contribution >= 4 is 40.7 Å². The molecule has 0 saturated carbocycles. The Morgan fingerprint density at radius 1 is 1.17 bits per heavy atom. The molecule has 3 aromatic rings. The smallest absolute Gasteiger partial charge is 0.385 e. The number of rotatable bonds is 6. The molecular formula is C29H33ClF3N9O4. The van der Waals surface area contributed by atoms with Crippen LogP contribution in [0.3, 0.4) is 0 Å². The summed E-state index contributed by atoms with van der Waals surface area (Å²) < 4.78 is 47.8. The fourth-order valence-electron chi connectivity index (χ4n) is 6.81. The summed E-state index contributed by atoms with van der Waals surface area (Å²) in [4.78, 5) is 46.7. The number of halogens is 4. The Bertz CT molecular complexity index is 1770. The van der Waals surface area contributed by atoms with Gasteiger partial charge in [0, 0.05) is 48.9 Å². The van der Waals surface area contributed by atoms with E-state index in [0.29, 0.717) is 81.9 Å². The molecule has 1 aliphatic carbocycles. The minimum atomic E-state index is -4.59. The Hall–Kier alpha value is -4.18. The number of ether oxygens (including phenoxy) is 1. The van der Waals surface area contributed by atoms with Crippen molar-refractivity contribution in [1.29, 1.82) is 0 Å². The first kappa shape index (κ1) is 31.8.